The van der Waals surface area contributed by atoms with Gasteiger partial charge in [-0.2, -0.15) is 0 Å². The van der Waals surface area contributed by atoms with Gasteiger partial charge in [0.15, 0.2) is 9.84 Å². The largest absolute Gasteiger partial charge is 0.273 e. The van der Waals surface area contributed by atoms with Crippen LogP contribution in [-0.4, -0.2) is 36.7 Å². The Kier molecular flexibility index (Phi) is 4.56. The normalized spacial score (nSPS) is 20.0. The molecular weight excluding hydrogens is 294 g/mol. The monoisotopic (exact) mass is 311 g/mol. The van der Waals surface area contributed by atoms with Gasteiger partial charge in [-0.25, -0.2) is 8.42 Å². The minimum absolute atomic E-state index is 0.0379. The molecule has 2 amide bonds. The van der Waals surface area contributed by atoms with E-state index in [1.165, 1.54) is 6.20 Å². The van der Waals surface area contributed by atoms with Gasteiger partial charge in [-0.15, -0.1) is 0 Å². The van der Waals surface area contributed by atoms with E-state index < -0.39 is 21.7 Å². The van der Waals surface area contributed by atoms with Crippen molar-refractivity contribution in [3.63, 3.8) is 0 Å². The average molecular weight is 311 g/mol. The van der Waals surface area contributed by atoms with Crippen LogP contribution in [0.2, 0.25) is 0 Å². The Morgan fingerprint density at radius 2 is 2.10 bits per heavy atom. The molecule has 1 atom stereocenters. The summed E-state index contributed by atoms with van der Waals surface area (Å²) in [7, 11) is -3.00. The molecule has 1 aromatic heterocycles. The van der Waals surface area contributed by atoms with Gasteiger partial charge in [-0.1, -0.05) is 0 Å². The van der Waals surface area contributed by atoms with Crippen LogP contribution in [0.25, 0.3) is 0 Å². The van der Waals surface area contributed by atoms with E-state index in [0.717, 1.165) is 5.69 Å². The highest BCUT2D eigenvalue weighted by molar-refractivity contribution is 7.91. The molecule has 2 N–H and O–H groups in total. The molecule has 1 aliphatic rings. The Bertz CT molecular complexity index is 640. The summed E-state index contributed by atoms with van der Waals surface area (Å²) in [5.74, 6) is -0.865. The molecular formula is C13H17N3O4S. The zero-order chi connectivity index (χ0) is 15.5. The molecule has 0 spiro atoms. The van der Waals surface area contributed by atoms with Crippen molar-refractivity contribution in [1.82, 2.24) is 15.8 Å². The van der Waals surface area contributed by atoms with Gasteiger partial charge in [0, 0.05) is 18.3 Å². The first-order chi connectivity index (χ1) is 9.85. The number of pyridine rings is 1. The molecule has 1 unspecified atom stereocenters. The Hall–Kier alpha value is -1.96. The maximum absolute atomic E-state index is 11.7. The van der Waals surface area contributed by atoms with Crippen LogP contribution in [0.4, 0.5) is 0 Å². The standard InChI is InChI=1S/C13H17N3O4S/c1-9-2-3-11(7-14-9)13(18)16-15-12(17)6-10-4-5-21(19,20)8-10/h2-3,7,10H,4-6,8H2,1H3,(H,15,17)(H,16,18). The fourth-order valence-electron chi connectivity index (χ4n) is 2.15. The first kappa shape index (κ1) is 15.4. The molecule has 1 saturated heterocycles. The fraction of sp³-hybridized carbons (Fsp3) is 0.462. The Labute approximate surface area is 123 Å². The van der Waals surface area contributed by atoms with Gasteiger partial charge in [-0.3, -0.25) is 25.4 Å². The predicted octanol–water partition coefficient (Wildman–Crippen LogP) is -0.0242. The van der Waals surface area contributed by atoms with Crippen molar-refractivity contribution in [3.8, 4) is 0 Å². The zero-order valence-electron chi connectivity index (χ0n) is 11.6. The van der Waals surface area contributed by atoms with Gasteiger partial charge in [-0.05, 0) is 31.4 Å². The lowest BCUT2D eigenvalue weighted by molar-refractivity contribution is -0.122. The van der Waals surface area contributed by atoms with E-state index in [1.807, 2.05) is 0 Å². The molecule has 0 aliphatic carbocycles. The second-order valence-electron chi connectivity index (χ2n) is 5.16. The Morgan fingerprint density at radius 1 is 1.33 bits per heavy atom. The highest BCUT2D eigenvalue weighted by atomic mass is 32.2. The molecule has 114 valence electrons. The van der Waals surface area contributed by atoms with Gasteiger partial charge in [0.25, 0.3) is 5.91 Å². The molecule has 1 aliphatic heterocycles. The van der Waals surface area contributed by atoms with Crippen LogP contribution in [0.1, 0.15) is 28.9 Å². The van der Waals surface area contributed by atoms with E-state index in [-0.39, 0.29) is 23.8 Å². The molecule has 1 fully saturated rings. The minimum Gasteiger partial charge on any atom is -0.273 e. The third-order valence-corrected chi connectivity index (χ3v) is 5.13. The van der Waals surface area contributed by atoms with Gasteiger partial charge < -0.3 is 0 Å². The minimum atomic E-state index is -3.00. The summed E-state index contributed by atoms with van der Waals surface area (Å²) in [5.41, 5.74) is 5.70. The molecule has 0 bridgehead atoms. The summed E-state index contributed by atoms with van der Waals surface area (Å²) < 4.78 is 22.6. The number of hydrazine groups is 1. The number of hydrogen-bond donors (Lipinski definition) is 2. The predicted molar refractivity (Wildman–Crippen MR) is 76.0 cm³/mol. The number of aromatic nitrogens is 1. The van der Waals surface area contributed by atoms with E-state index >= 15 is 0 Å². The number of sulfone groups is 1. The molecule has 1 aromatic rings. The molecule has 0 saturated carbocycles. The molecule has 0 radical (unpaired) electrons. The number of carbonyl (C=O) groups excluding carboxylic acids is 2. The Balaban J connectivity index is 1.79. The number of carbonyl (C=O) groups is 2. The number of hydrogen-bond acceptors (Lipinski definition) is 5. The van der Waals surface area contributed by atoms with Crippen LogP contribution in [0.3, 0.4) is 0 Å². The summed E-state index contributed by atoms with van der Waals surface area (Å²) >= 11 is 0. The van der Waals surface area contributed by atoms with E-state index in [1.54, 1.807) is 19.1 Å². The number of nitrogens with zero attached hydrogens (tertiary/aromatic N) is 1. The third kappa shape index (κ3) is 4.52. The highest BCUT2D eigenvalue weighted by Gasteiger charge is 2.29. The second kappa shape index (κ2) is 6.21. The lowest BCUT2D eigenvalue weighted by Crippen LogP contribution is -2.42. The van der Waals surface area contributed by atoms with Crippen LogP contribution in [-0.2, 0) is 14.6 Å². The maximum atomic E-state index is 11.7. The smallest absolute Gasteiger partial charge is 0.271 e. The molecule has 21 heavy (non-hydrogen) atoms. The fourth-order valence-corrected chi connectivity index (χ4v) is 4.01. The molecule has 2 rings (SSSR count). The third-order valence-electron chi connectivity index (χ3n) is 3.29. The quantitative estimate of drug-likeness (QED) is 0.763. The summed E-state index contributed by atoms with van der Waals surface area (Å²) in [6.45, 7) is 1.80. The molecule has 2 heterocycles. The van der Waals surface area contributed by atoms with E-state index in [9.17, 15) is 18.0 Å². The average Bonchev–Trinajstić information content (AvgIpc) is 2.76. The molecule has 7 nitrogen and oxygen atoms in total. The highest BCUT2D eigenvalue weighted by Crippen LogP contribution is 2.21. The maximum Gasteiger partial charge on any atom is 0.271 e. The van der Waals surface area contributed by atoms with Gasteiger partial charge in [0.05, 0.1) is 17.1 Å². The van der Waals surface area contributed by atoms with Crippen LogP contribution < -0.4 is 10.9 Å². The number of aryl methyl sites for hydroxylation is 1. The SMILES string of the molecule is Cc1ccc(C(=O)NNC(=O)CC2CCS(=O)(=O)C2)cn1. The zero-order valence-corrected chi connectivity index (χ0v) is 12.4. The van der Waals surface area contributed by atoms with Crippen molar-refractivity contribution >= 4 is 21.7 Å². The topological polar surface area (TPSA) is 105 Å². The van der Waals surface area contributed by atoms with Crippen molar-refractivity contribution in [2.24, 2.45) is 5.92 Å². The van der Waals surface area contributed by atoms with Crippen LogP contribution in [0, 0.1) is 12.8 Å². The number of rotatable bonds is 3. The first-order valence-electron chi connectivity index (χ1n) is 6.58. The van der Waals surface area contributed by atoms with Gasteiger partial charge in [0.2, 0.25) is 5.91 Å². The second-order valence-corrected chi connectivity index (χ2v) is 7.39. The van der Waals surface area contributed by atoms with E-state index in [2.05, 4.69) is 15.8 Å². The van der Waals surface area contributed by atoms with Crippen LogP contribution >= 0.6 is 0 Å². The first-order valence-corrected chi connectivity index (χ1v) is 8.40. The lowest BCUT2D eigenvalue weighted by atomic mass is 10.1. The molecule has 0 aromatic carbocycles. The lowest BCUT2D eigenvalue weighted by Gasteiger charge is -2.10. The van der Waals surface area contributed by atoms with E-state index in [0.29, 0.717) is 12.0 Å². The summed E-state index contributed by atoms with van der Waals surface area (Å²) in [5, 5.41) is 0. The summed E-state index contributed by atoms with van der Waals surface area (Å²) in [6.07, 6.45) is 2.00. The Morgan fingerprint density at radius 3 is 2.67 bits per heavy atom. The van der Waals surface area contributed by atoms with Crippen molar-refractivity contribution in [3.05, 3.63) is 29.6 Å². The summed E-state index contributed by atoms with van der Waals surface area (Å²) in [4.78, 5) is 27.4. The molecule has 8 heteroatoms. The van der Waals surface area contributed by atoms with Crippen LogP contribution in [0.5, 0.6) is 0 Å². The summed E-state index contributed by atoms with van der Waals surface area (Å²) in [6, 6.07) is 3.30. The van der Waals surface area contributed by atoms with Crippen molar-refractivity contribution in [1.29, 1.82) is 0 Å². The number of amides is 2. The van der Waals surface area contributed by atoms with Crippen molar-refractivity contribution < 1.29 is 18.0 Å². The number of nitrogens with one attached hydrogen (secondary N) is 2. The van der Waals surface area contributed by atoms with E-state index in [4.69, 9.17) is 0 Å². The van der Waals surface area contributed by atoms with Crippen molar-refractivity contribution in [2.75, 3.05) is 11.5 Å². The van der Waals surface area contributed by atoms with Crippen LogP contribution in [0.15, 0.2) is 18.3 Å². The van der Waals surface area contributed by atoms with Gasteiger partial charge >= 0.3 is 0 Å². The van der Waals surface area contributed by atoms with Gasteiger partial charge in [0.1, 0.15) is 0 Å². The van der Waals surface area contributed by atoms with Crippen molar-refractivity contribution in [2.45, 2.75) is 19.8 Å².